The summed E-state index contributed by atoms with van der Waals surface area (Å²) >= 11 is 0. The van der Waals surface area contributed by atoms with Gasteiger partial charge in [-0.2, -0.15) is 0 Å². The molecular weight excluding hydrogens is 342 g/mol. The Kier molecular flexibility index (Phi) is 6.24. The van der Waals surface area contributed by atoms with Gasteiger partial charge < -0.3 is 14.4 Å². The van der Waals surface area contributed by atoms with Crippen molar-refractivity contribution in [3.8, 4) is 0 Å². The lowest BCUT2D eigenvalue weighted by atomic mass is 9.91. The largest absolute Gasteiger partial charge is 0.455 e. The molecule has 0 aromatic heterocycles. The van der Waals surface area contributed by atoms with Crippen molar-refractivity contribution < 1.29 is 19.1 Å². The van der Waals surface area contributed by atoms with Gasteiger partial charge in [-0.25, -0.2) is 0 Å². The number of amides is 1. The van der Waals surface area contributed by atoms with Crippen LogP contribution in [0.1, 0.15) is 30.9 Å². The molecule has 0 unspecified atom stereocenters. The van der Waals surface area contributed by atoms with Crippen molar-refractivity contribution in [1.29, 1.82) is 0 Å². The highest BCUT2D eigenvalue weighted by molar-refractivity contribution is 5.85. The van der Waals surface area contributed by atoms with Gasteiger partial charge in [0, 0.05) is 13.1 Å². The van der Waals surface area contributed by atoms with E-state index in [4.69, 9.17) is 9.47 Å². The van der Waals surface area contributed by atoms with Crippen molar-refractivity contribution in [2.75, 3.05) is 19.7 Å². The van der Waals surface area contributed by atoms with E-state index in [2.05, 4.69) is 0 Å². The lowest BCUT2D eigenvalue weighted by Gasteiger charge is -2.35. The second-order valence-corrected chi connectivity index (χ2v) is 6.92. The van der Waals surface area contributed by atoms with Gasteiger partial charge in [-0.1, -0.05) is 60.7 Å². The Hall–Kier alpha value is -2.66. The van der Waals surface area contributed by atoms with Gasteiger partial charge in [0.05, 0.1) is 12.2 Å². The summed E-state index contributed by atoms with van der Waals surface area (Å²) in [6, 6.07) is 18.9. The molecule has 1 aliphatic heterocycles. The summed E-state index contributed by atoms with van der Waals surface area (Å²) in [6.07, 6.45) is -0.0374. The number of morpholine rings is 1. The van der Waals surface area contributed by atoms with Crippen LogP contribution in [0.2, 0.25) is 0 Å². The van der Waals surface area contributed by atoms with Crippen LogP contribution < -0.4 is 0 Å². The fraction of sp³-hybridized carbons (Fsp3) is 0.364. The van der Waals surface area contributed by atoms with E-state index in [1.807, 2.05) is 74.5 Å². The van der Waals surface area contributed by atoms with Gasteiger partial charge in [-0.05, 0) is 25.0 Å². The fourth-order valence-corrected chi connectivity index (χ4v) is 3.44. The second kappa shape index (κ2) is 8.82. The molecule has 142 valence electrons. The maximum Gasteiger partial charge on any atom is 0.318 e. The van der Waals surface area contributed by atoms with Crippen molar-refractivity contribution in [3.63, 3.8) is 0 Å². The molecule has 1 fully saturated rings. The van der Waals surface area contributed by atoms with E-state index < -0.39 is 11.9 Å². The SMILES string of the molecule is C[C@@H]1CN(C(=O)COC(=O)C(c2ccccc2)c2ccccc2)C[C@H](C)O1. The summed E-state index contributed by atoms with van der Waals surface area (Å²) in [7, 11) is 0. The van der Waals surface area contributed by atoms with Crippen LogP contribution in [0, 0.1) is 0 Å². The van der Waals surface area contributed by atoms with E-state index in [9.17, 15) is 9.59 Å². The third-order valence-corrected chi connectivity index (χ3v) is 4.61. The van der Waals surface area contributed by atoms with E-state index in [0.29, 0.717) is 13.1 Å². The molecule has 3 rings (SSSR count). The highest BCUT2D eigenvalue weighted by atomic mass is 16.5. The summed E-state index contributed by atoms with van der Waals surface area (Å²) in [5.41, 5.74) is 1.68. The molecule has 0 saturated carbocycles. The highest BCUT2D eigenvalue weighted by Crippen LogP contribution is 2.26. The van der Waals surface area contributed by atoms with Crippen molar-refractivity contribution in [1.82, 2.24) is 4.90 Å². The number of hydrogen-bond acceptors (Lipinski definition) is 4. The Balaban J connectivity index is 1.69. The zero-order valence-corrected chi connectivity index (χ0v) is 15.7. The molecular formula is C22H25NO4. The van der Waals surface area contributed by atoms with Gasteiger partial charge in [0.2, 0.25) is 0 Å². The molecule has 0 radical (unpaired) electrons. The molecule has 1 aliphatic rings. The number of rotatable bonds is 5. The van der Waals surface area contributed by atoms with E-state index in [-0.39, 0.29) is 24.7 Å². The fourth-order valence-electron chi connectivity index (χ4n) is 3.44. The minimum Gasteiger partial charge on any atom is -0.455 e. The Labute approximate surface area is 159 Å². The zero-order chi connectivity index (χ0) is 19.2. The average Bonchev–Trinajstić information content (AvgIpc) is 2.67. The van der Waals surface area contributed by atoms with Crippen LogP contribution in [-0.2, 0) is 19.1 Å². The Morgan fingerprint density at radius 3 is 1.93 bits per heavy atom. The van der Waals surface area contributed by atoms with Crippen LogP contribution in [0.25, 0.3) is 0 Å². The molecule has 2 aromatic carbocycles. The number of ether oxygens (including phenoxy) is 2. The molecule has 0 bridgehead atoms. The molecule has 1 heterocycles. The van der Waals surface area contributed by atoms with Crippen LogP contribution in [0.3, 0.4) is 0 Å². The van der Waals surface area contributed by atoms with Crippen molar-refractivity contribution in [2.45, 2.75) is 32.0 Å². The summed E-state index contributed by atoms with van der Waals surface area (Å²) in [5.74, 6) is -1.16. The van der Waals surface area contributed by atoms with Crippen LogP contribution in [0.5, 0.6) is 0 Å². The van der Waals surface area contributed by atoms with E-state index in [0.717, 1.165) is 11.1 Å². The minimum absolute atomic E-state index is 0.0187. The van der Waals surface area contributed by atoms with E-state index >= 15 is 0 Å². The molecule has 2 aromatic rings. The number of carbonyl (C=O) groups is 2. The van der Waals surface area contributed by atoms with Gasteiger partial charge >= 0.3 is 5.97 Å². The first kappa shape index (κ1) is 19.1. The maximum absolute atomic E-state index is 12.8. The van der Waals surface area contributed by atoms with Crippen molar-refractivity contribution >= 4 is 11.9 Å². The zero-order valence-electron chi connectivity index (χ0n) is 15.7. The second-order valence-electron chi connectivity index (χ2n) is 6.92. The molecule has 2 atom stereocenters. The van der Waals surface area contributed by atoms with Gasteiger partial charge in [-0.3, -0.25) is 9.59 Å². The quantitative estimate of drug-likeness (QED) is 0.763. The standard InChI is InChI=1S/C22H25NO4/c1-16-13-23(14-17(2)27-16)20(24)15-26-22(25)21(18-9-5-3-6-10-18)19-11-7-4-8-12-19/h3-12,16-17,21H,13-15H2,1-2H3/t16-,17+. The Bertz CT molecular complexity index is 713. The van der Waals surface area contributed by atoms with Crippen LogP contribution >= 0.6 is 0 Å². The maximum atomic E-state index is 12.8. The molecule has 0 N–H and O–H groups in total. The van der Waals surface area contributed by atoms with Crippen LogP contribution in [0.4, 0.5) is 0 Å². The predicted octanol–water partition coefficient (Wildman–Crippen LogP) is 3.00. The first-order chi connectivity index (χ1) is 13.0. The molecule has 1 saturated heterocycles. The number of esters is 1. The monoisotopic (exact) mass is 367 g/mol. The Morgan fingerprint density at radius 1 is 0.963 bits per heavy atom. The van der Waals surface area contributed by atoms with E-state index in [1.54, 1.807) is 4.90 Å². The van der Waals surface area contributed by atoms with Gasteiger partial charge in [0.25, 0.3) is 5.91 Å². The minimum atomic E-state index is -0.553. The summed E-state index contributed by atoms with van der Waals surface area (Å²) < 4.78 is 11.1. The van der Waals surface area contributed by atoms with Crippen molar-refractivity contribution in [3.05, 3.63) is 71.8 Å². The molecule has 1 amide bonds. The van der Waals surface area contributed by atoms with Gasteiger partial charge in [0.15, 0.2) is 6.61 Å². The smallest absolute Gasteiger partial charge is 0.318 e. The van der Waals surface area contributed by atoms with Gasteiger partial charge in [0.1, 0.15) is 5.92 Å². The summed E-state index contributed by atoms with van der Waals surface area (Å²) in [5, 5.41) is 0. The van der Waals surface area contributed by atoms with Crippen LogP contribution in [-0.4, -0.2) is 48.7 Å². The van der Waals surface area contributed by atoms with E-state index in [1.165, 1.54) is 0 Å². The molecule has 27 heavy (non-hydrogen) atoms. The molecule has 0 aliphatic carbocycles. The van der Waals surface area contributed by atoms with Gasteiger partial charge in [-0.15, -0.1) is 0 Å². The third-order valence-electron chi connectivity index (χ3n) is 4.61. The van der Waals surface area contributed by atoms with Crippen molar-refractivity contribution in [2.24, 2.45) is 0 Å². The number of nitrogens with zero attached hydrogens (tertiary/aromatic N) is 1. The molecule has 5 heteroatoms. The topological polar surface area (TPSA) is 55.8 Å². The first-order valence-electron chi connectivity index (χ1n) is 9.24. The number of carbonyl (C=O) groups excluding carboxylic acids is 2. The normalized spacial score (nSPS) is 19.7. The predicted molar refractivity (Wildman–Crippen MR) is 102 cm³/mol. The number of hydrogen-bond donors (Lipinski definition) is 0. The lowest BCUT2D eigenvalue weighted by molar-refractivity contribution is -0.157. The summed E-state index contributed by atoms with van der Waals surface area (Å²) in [4.78, 5) is 27.0. The molecule has 5 nitrogen and oxygen atoms in total. The lowest BCUT2D eigenvalue weighted by Crippen LogP contribution is -2.49. The Morgan fingerprint density at radius 2 is 1.44 bits per heavy atom. The first-order valence-corrected chi connectivity index (χ1v) is 9.24. The summed E-state index contributed by atoms with van der Waals surface area (Å²) in [6.45, 7) is 4.64. The highest BCUT2D eigenvalue weighted by Gasteiger charge is 2.28. The van der Waals surface area contributed by atoms with Crippen LogP contribution in [0.15, 0.2) is 60.7 Å². The number of benzene rings is 2. The third kappa shape index (κ3) is 4.95. The average molecular weight is 367 g/mol. The molecule has 0 spiro atoms.